The fourth-order valence-electron chi connectivity index (χ4n) is 2.58. The Morgan fingerprint density at radius 2 is 1.88 bits per heavy atom. The van der Waals surface area contributed by atoms with Crippen LogP contribution in [0, 0.1) is 0 Å². The minimum absolute atomic E-state index is 0.583. The number of hydrazine groups is 1. The second-order valence-electron chi connectivity index (χ2n) is 4.83. The number of aryl methyl sites for hydroxylation is 1. The fourth-order valence-corrected chi connectivity index (χ4v) is 2.58. The van der Waals surface area contributed by atoms with Crippen LogP contribution >= 0.6 is 0 Å². The molecule has 0 aromatic carbocycles. The highest BCUT2D eigenvalue weighted by atomic mass is 15.3. The van der Waals surface area contributed by atoms with Crippen LogP contribution in [0.4, 0.5) is 5.82 Å². The maximum Gasteiger partial charge on any atom is 0.147 e. The molecule has 0 radical (unpaired) electrons. The van der Waals surface area contributed by atoms with E-state index < -0.39 is 0 Å². The molecule has 16 heavy (non-hydrogen) atoms. The Morgan fingerprint density at radius 1 is 1.06 bits per heavy atom. The van der Waals surface area contributed by atoms with Crippen LogP contribution in [-0.2, 0) is 12.8 Å². The number of rotatable bonds is 2. The van der Waals surface area contributed by atoms with Gasteiger partial charge >= 0.3 is 0 Å². The van der Waals surface area contributed by atoms with E-state index in [-0.39, 0.29) is 0 Å². The van der Waals surface area contributed by atoms with Gasteiger partial charge in [-0.25, -0.2) is 15.8 Å². The average Bonchev–Trinajstić information content (AvgIpc) is 2.25. The maximum absolute atomic E-state index is 5.56. The summed E-state index contributed by atoms with van der Waals surface area (Å²) >= 11 is 0. The molecule has 1 aromatic rings. The van der Waals surface area contributed by atoms with Crippen LogP contribution < -0.4 is 11.3 Å². The Labute approximate surface area is 95.6 Å². The number of hydrogen-bond donors (Lipinski definition) is 2. The molecule has 4 heteroatoms. The molecule has 86 valence electrons. The summed E-state index contributed by atoms with van der Waals surface area (Å²) in [5.74, 6) is 8.03. The molecule has 3 rings (SSSR count). The summed E-state index contributed by atoms with van der Waals surface area (Å²) in [6, 6.07) is 0. The summed E-state index contributed by atoms with van der Waals surface area (Å²) in [5.41, 5.74) is 5.23. The van der Waals surface area contributed by atoms with Gasteiger partial charge in [0, 0.05) is 17.2 Å². The molecule has 3 N–H and O–H groups in total. The zero-order valence-electron chi connectivity index (χ0n) is 9.50. The Morgan fingerprint density at radius 3 is 2.56 bits per heavy atom. The molecule has 2 aliphatic carbocycles. The predicted octanol–water partition coefficient (Wildman–Crippen LogP) is 1.91. The van der Waals surface area contributed by atoms with Crippen molar-refractivity contribution in [3.8, 4) is 0 Å². The Balaban J connectivity index is 2.01. The number of nitrogens with one attached hydrogen (secondary N) is 1. The van der Waals surface area contributed by atoms with Gasteiger partial charge in [0.1, 0.15) is 11.6 Å². The molecule has 4 nitrogen and oxygen atoms in total. The molecule has 1 aromatic heterocycles. The van der Waals surface area contributed by atoms with Crippen molar-refractivity contribution in [1.29, 1.82) is 0 Å². The first-order valence-electron chi connectivity index (χ1n) is 6.25. The molecule has 1 fully saturated rings. The van der Waals surface area contributed by atoms with Gasteiger partial charge in [-0.3, -0.25) is 0 Å². The summed E-state index contributed by atoms with van der Waals surface area (Å²) in [6.45, 7) is 0. The van der Waals surface area contributed by atoms with Crippen molar-refractivity contribution in [3.63, 3.8) is 0 Å². The van der Waals surface area contributed by atoms with Crippen molar-refractivity contribution < 1.29 is 0 Å². The number of aromatic nitrogens is 2. The largest absolute Gasteiger partial charge is 0.308 e. The Kier molecular flexibility index (Phi) is 2.52. The second-order valence-corrected chi connectivity index (χ2v) is 4.83. The molecule has 0 saturated heterocycles. The van der Waals surface area contributed by atoms with E-state index in [9.17, 15) is 0 Å². The standard InChI is InChI=1S/C12H18N4/c13-16-12-9-6-1-2-7-10(9)14-11(15-12)8-4-3-5-8/h8H,1-7,13H2,(H,14,15,16). The number of nitrogen functional groups attached to an aromatic ring is 1. The van der Waals surface area contributed by atoms with E-state index in [1.54, 1.807) is 0 Å². The molecule has 0 spiro atoms. The Bertz CT molecular complexity index is 381. The lowest BCUT2D eigenvalue weighted by Gasteiger charge is -2.26. The third-order valence-corrected chi connectivity index (χ3v) is 3.81. The molecular formula is C12H18N4. The third kappa shape index (κ3) is 1.57. The van der Waals surface area contributed by atoms with Crippen molar-refractivity contribution in [2.24, 2.45) is 5.84 Å². The summed E-state index contributed by atoms with van der Waals surface area (Å²) in [6.07, 6.45) is 8.43. The first kappa shape index (κ1) is 10.0. The highest BCUT2D eigenvalue weighted by Crippen LogP contribution is 2.36. The van der Waals surface area contributed by atoms with Gasteiger partial charge in [0.15, 0.2) is 0 Å². The predicted molar refractivity (Wildman–Crippen MR) is 63.1 cm³/mol. The van der Waals surface area contributed by atoms with Crippen LogP contribution in [0.3, 0.4) is 0 Å². The zero-order chi connectivity index (χ0) is 11.0. The lowest BCUT2D eigenvalue weighted by molar-refractivity contribution is 0.399. The number of nitrogens with zero attached hydrogens (tertiary/aromatic N) is 2. The number of hydrogen-bond acceptors (Lipinski definition) is 4. The summed E-state index contributed by atoms with van der Waals surface area (Å²) in [7, 11) is 0. The minimum Gasteiger partial charge on any atom is -0.308 e. The van der Waals surface area contributed by atoms with Gasteiger partial charge in [0.05, 0.1) is 0 Å². The lowest BCUT2D eigenvalue weighted by atomic mass is 9.84. The molecule has 2 aliphatic rings. The van der Waals surface area contributed by atoms with E-state index in [0.717, 1.165) is 24.5 Å². The quantitative estimate of drug-likeness (QED) is 0.588. The van der Waals surface area contributed by atoms with Gasteiger partial charge in [-0.1, -0.05) is 6.42 Å². The highest BCUT2D eigenvalue weighted by Gasteiger charge is 2.25. The van der Waals surface area contributed by atoms with E-state index in [1.807, 2.05) is 0 Å². The second kappa shape index (κ2) is 4.01. The summed E-state index contributed by atoms with van der Waals surface area (Å²) < 4.78 is 0. The van der Waals surface area contributed by atoms with Gasteiger partial charge in [-0.05, 0) is 38.5 Å². The molecule has 1 saturated carbocycles. The van der Waals surface area contributed by atoms with Crippen LogP contribution in [0.25, 0.3) is 0 Å². The van der Waals surface area contributed by atoms with E-state index in [1.165, 1.54) is 43.4 Å². The molecule has 0 unspecified atom stereocenters. The van der Waals surface area contributed by atoms with Crippen LogP contribution in [0.15, 0.2) is 0 Å². The normalized spacial score (nSPS) is 20.1. The smallest absolute Gasteiger partial charge is 0.147 e. The van der Waals surface area contributed by atoms with E-state index in [2.05, 4.69) is 10.4 Å². The summed E-state index contributed by atoms with van der Waals surface area (Å²) in [5, 5.41) is 0. The first-order valence-corrected chi connectivity index (χ1v) is 6.25. The highest BCUT2D eigenvalue weighted by molar-refractivity contribution is 5.47. The van der Waals surface area contributed by atoms with Crippen molar-refractivity contribution in [2.45, 2.75) is 50.9 Å². The molecule has 0 aliphatic heterocycles. The number of anilines is 1. The maximum atomic E-state index is 5.56. The van der Waals surface area contributed by atoms with Crippen LogP contribution in [-0.4, -0.2) is 9.97 Å². The van der Waals surface area contributed by atoms with Gasteiger partial charge in [0.25, 0.3) is 0 Å². The summed E-state index contributed by atoms with van der Waals surface area (Å²) in [4.78, 5) is 9.32. The SMILES string of the molecule is NNc1nc(C2CCC2)nc2c1CCCC2. The minimum atomic E-state index is 0.583. The van der Waals surface area contributed by atoms with Crippen molar-refractivity contribution in [1.82, 2.24) is 9.97 Å². The monoisotopic (exact) mass is 218 g/mol. The van der Waals surface area contributed by atoms with Gasteiger partial charge < -0.3 is 5.43 Å². The van der Waals surface area contributed by atoms with Crippen LogP contribution in [0.1, 0.15) is 55.1 Å². The molecular weight excluding hydrogens is 200 g/mol. The third-order valence-electron chi connectivity index (χ3n) is 3.81. The Hall–Kier alpha value is -1.16. The van der Waals surface area contributed by atoms with E-state index in [4.69, 9.17) is 10.8 Å². The van der Waals surface area contributed by atoms with Crippen molar-refractivity contribution in [3.05, 3.63) is 17.1 Å². The average molecular weight is 218 g/mol. The zero-order valence-corrected chi connectivity index (χ0v) is 9.50. The van der Waals surface area contributed by atoms with Gasteiger partial charge in [-0.2, -0.15) is 0 Å². The van der Waals surface area contributed by atoms with E-state index in [0.29, 0.717) is 5.92 Å². The fraction of sp³-hybridized carbons (Fsp3) is 0.667. The van der Waals surface area contributed by atoms with Crippen LogP contribution in [0.2, 0.25) is 0 Å². The van der Waals surface area contributed by atoms with E-state index >= 15 is 0 Å². The molecule has 0 bridgehead atoms. The molecule has 0 amide bonds. The van der Waals surface area contributed by atoms with Gasteiger partial charge in [-0.15, -0.1) is 0 Å². The molecule has 1 heterocycles. The lowest BCUT2D eigenvalue weighted by Crippen LogP contribution is -2.21. The van der Waals surface area contributed by atoms with Crippen molar-refractivity contribution >= 4 is 5.82 Å². The van der Waals surface area contributed by atoms with Crippen LogP contribution in [0.5, 0.6) is 0 Å². The number of fused-ring (bicyclic) bond motifs is 1. The van der Waals surface area contributed by atoms with Crippen molar-refractivity contribution in [2.75, 3.05) is 5.43 Å². The number of nitrogens with two attached hydrogens (primary N) is 1. The van der Waals surface area contributed by atoms with Gasteiger partial charge in [0.2, 0.25) is 0 Å². The molecule has 0 atom stereocenters. The topological polar surface area (TPSA) is 63.8 Å². The first-order chi connectivity index (χ1) is 7.88.